The van der Waals surface area contributed by atoms with Crippen LogP contribution in [0, 0.1) is 5.92 Å². The Hall–Kier alpha value is -0.570. The zero-order valence-electron chi connectivity index (χ0n) is 11.7. The van der Waals surface area contributed by atoms with Gasteiger partial charge in [-0.25, -0.2) is 0 Å². The number of aliphatic carboxylic acids is 1. The van der Waals surface area contributed by atoms with Crippen molar-refractivity contribution < 1.29 is 9.90 Å². The zero-order valence-corrected chi connectivity index (χ0v) is 11.7. The molecule has 1 unspecified atom stereocenters. The average Bonchev–Trinajstić information content (AvgIpc) is 2.36. The molecule has 100 valence electrons. The summed E-state index contributed by atoms with van der Waals surface area (Å²) in [6, 6.07) is 0.337. The van der Waals surface area contributed by atoms with Gasteiger partial charge in [-0.1, -0.05) is 20.3 Å². The van der Waals surface area contributed by atoms with Gasteiger partial charge in [-0.2, -0.15) is 0 Å². The molecule has 1 aliphatic rings. The van der Waals surface area contributed by atoms with Crippen LogP contribution in [-0.4, -0.2) is 34.6 Å². The minimum atomic E-state index is -0.630. The minimum absolute atomic E-state index is 0.337. The van der Waals surface area contributed by atoms with Gasteiger partial charge in [0.05, 0.1) is 0 Å². The van der Waals surface area contributed by atoms with Gasteiger partial charge >= 0.3 is 5.97 Å². The Labute approximate surface area is 105 Å². The highest BCUT2D eigenvalue weighted by Crippen LogP contribution is 2.38. The minimum Gasteiger partial charge on any atom is -0.480 e. The van der Waals surface area contributed by atoms with Crippen molar-refractivity contribution in [1.29, 1.82) is 0 Å². The number of nitrogens with zero attached hydrogens (tertiary/aromatic N) is 1. The van der Waals surface area contributed by atoms with Crippen LogP contribution in [-0.2, 0) is 4.79 Å². The van der Waals surface area contributed by atoms with E-state index >= 15 is 0 Å². The first-order valence-electron chi connectivity index (χ1n) is 6.94. The summed E-state index contributed by atoms with van der Waals surface area (Å²) in [5.41, 5.74) is -0.610. The highest BCUT2D eigenvalue weighted by molar-refractivity contribution is 5.79. The van der Waals surface area contributed by atoms with E-state index in [1.54, 1.807) is 0 Å². The Balaban J connectivity index is 2.81. The summed E-state index contributed by atoms with van der Waals surface area (Å²) in [6.45, 7) is 6.45. The van der Waals surface area contributed by atoms with Crippen LogP contribution in [0.5, 0.6) is 0 Å². The van der Waals surface area contributed by atoms with Crippen LogP contribution >= 0.6 is 0 Å². The number of hydrogen-bond acceptors (Lipinski definition) is 2. The maximum atomic E-state index is 11.7. The van der Waals surface area contributed by atoms with Crippen LogP contribution in [0.3, 0.4) is 0 Å². The number of rotatable bonds is 5. The van der Waals surface area contributed by atoms with Gasteiger partial charge < -0.3 is 5.11 Å². The van der Waals surface area contributed by atoms with E-state index in [1.165, 1.54) is 6.42 Å². The lowest BCUT2D eigenvalue weighted by Crippen LogP contribution is -2.57. The SMILES string of the molecule is CCC1CCC(C(=O)O)(N(C)C(C)CC)CC1. The van der Waals surface area contributed by atoms with E-state index in [9.17, 15) is 9.90 Å². The Kier molecular flexibility index (Phi) is 4.99. The molecule has 17 heavy (non-hydrogen) atoms. The van der Waals surface area contributed by atoms with Crippen molar-refractivity contribution in [2.45, 2.75) is 70.9 Å². The lowest BCUT2D eigenvalue weighted by molar-refractivity contribution is -0.155. The highest BCUT2D eigenvalue weighted by atomic mass is 16.4. The monoisotopic (exact) mass is 241 g/mol. The molecule has 0 aromatic heterocycles. The second-order valence-corrected chi connectivity index (χ2v) is 5.56. The van der Waals surface area contributed by atoms with Crippen LogP contribution in [0.15, 0.2) is 0 Å². The molecule has 1 aliphatic carbocycles. The molecule has 1 N–H and O–H groups in total. The van der Waals surface area contributed by atoms with Gasteiger partial charge in [0.15, 0.2) is 0 Å². The number of likely N-dealkylation sites (N-methyl/N-ethyl adjacent to an activating group) is 1. The van der Waals surface area contributed by atoms with Gasteiger partial charge in [-0.3, -0.25) is 9.69 Å². The van der Waals surface area contributed by atoms with E-state index in [4.69, 9.17) is 0 Å². The topological polar surface area (TPSA) is 40.5 Å². The fourth-order valence-corrected chi connectivity index (χ4v) is 2.98. The molecule has 1 atom stereocenters. The molecule has 0 amide bonds. The summed E-state index contributed by atoms with van der Waals surface area (Å²) >= 11 is 0. The lowest BCUT2D eigenvalue weighted by Gasteiger charge is -2.45. The number of carboxylic acid groups (broad SMARTS) is 1. The third-order valence-corrected chi connectivity index (χ3v) is 4.83. The predicted molar refractivity (Wildman–Crippen MR) is 70.1 cm³/mol. The summed E-state index contributed by atoms with van der Waals surface area (Å²) in [4.78, 5) is 13.8. The molecule has 3 nitrogen and oxygen atoms in total. The van der Waals surface area contributed by atoms with Crippen LogP contribution in [0.2, 0.25) is 0 Å². The lowest BCUT2D eigenvalue weighted by atomic mass is 9.74. The number of hydrogen-bond donors (Lipinski definition) is 1. The van der Waals surface area contributed by atoms with Crippen molar-refractivity contribution in [3.63, 3.8) is 0 Å². The van der Waals surface area contributed by atoms with E-state index in [0.29, 0.717) is 6.04 Å². The van der Waals surface area contributed by atoms with Crippen LogP contribution < -0.4 is 0 Å². The molecule has 0 aromatic rings. The number of carboxylic acids is 1. The highest BCUT2D eigenvalue weighted by Gasteiger charge is 2.46. The van der Waals surface area contributed by atoms with Gasteiger partial charge in [-0.05, 0) is 52.0 Å². The van der Waals surface area contributed by atoms with Gasteiger partial charge in [0.1, 0.15) is 5.54 Å². The molecule has 1 saturated carbocycles. The van der Waals surface area contributed by atoms with E-state index in [1.807, 2.05) is 7.05 Å². The average molecular weight is 241 g/mol. The maximum Gasteiger partial charge on any atom is 0.324 e. The molecule has 3 heteroatoms. The standard InChI is InChI=1S/C14H27NO2/c1-5-11(3)15(4)14(13(16)17)9-7-12(6-2)8-10-14/h11-12H,5-10H2,1-4H3,(H,16,17). The fourth-order valence-electron chi connectivity index (χ4n) is 2.98. The molecule has 1 fully saturated rings. The molecule has 0 aliphatic heterocycles. The van der Waals surface area contributed by atoms with Gasteiger partial charge in [0, 0.05) is 6.04 Å². The molecule has 0 saturated heterocycles. The summed E-state index contributed by atoms with van der Waals surface area (Å²) < 4.78 is 0. The van der Waals surface area contributed by atoms with E-state index in [2.05, 4.69) is 25.7 Å². The first-order valence-corrected chi connectivity index (χ1v) is 6.94. The van der Waals surface area contributed by atoms with Gasteiger partial charge in [0.2, 0.25) is 0 Å². The van der Waals surface area contributed by atoms with E-state index in [-0.39, 0.29) is 0 Å². The summed E-state index contributed by atoms with van der Waals surface area (Å²) in [6.07, 6.45) is 5.92. The van der Waals surface area contributed by atoms with Gasteiger partial charge in [-0.15, -0.1) is 0 Å². The molecular formula is C14H27NO2. The summed E-state index contributed by atoms with van der Waals surface area (Å²) in [5.74, 6) is 0.0997. The molecule has 0 radical (unpaired) electrons. The molecule has 0 aromatic carbocycles. The van der Waals surface area contributed by atoms with Crippen molar-refractivity contribution in [3.05, 3.63) is 0 Å². The van der Waals surface area contributed by atoms with Crippen LogP contribution in [0.4, 0.5) is 0 Å². The Morgan fingerprint density at radius 1 is 1.41 bits per heavy atom. The van der Waals surface area contributed by atoms with Crippen molar-refractivity contribution in [2.24, 2.45) is 5.92 Å². The second-order valence-electron chi connectivity index (χ2n) is 5.56. The summed E-state index contributed by atoms with van der Waals surface area (Å²) in [7, 11) is 1.98. The third-order valence-electron chi connectivity index (χ3n) is 4.83. The first kappa shape index (κ1) is 14.5. The van der Waals surface area contributed by atoms with Crippen molar-refractivity contribution in [3.8, 4) is 0 Å². The predicted octanol–water partition coefficient (Wildman–Crippen LogP) is 3.14. The smallest absolute Gasteiger partial charge is 0.324 e. The Bertz CT molecular complexity index is 257. The van der Waals surface area contributed by atoms with Gasteiger partial charge in [0.25, 0.3) is 0 Å². The Morgan fingerprint density at radius 3 is 2.29 bits per heavy atom. The largest absolute Gasteiger partial charge is 0.480 e. The third kappa shape index (κ3) is 2.82. The maximum absolute atomic E-state index is 11.7. The normalized spacial score (nSPS) is 31.5. The Morgan fingerprint density at radius 2 is 1.94 bits per heavy atom. The van der Waals surface area contributed by atoms with Crippen molar-refractivity contribution in [2.75, 3.05) is 7.05 Å². The first-order chi connectivity index (χ1) is 7.97. The van der Waals surface area contributed by atoms with E-state index < -0.39 is 11.5 Å². The molecule has 0 heterocycles. The van der Waals surface area contributed by atoms with Crippen LogP contribution in [0.1, 0.15) is 59.3 Å². The van der Waals surface area contributed by atoms with E-state index in [0.717, 1.165) is 38.0 Å². The summed E-state index contributed by atoms with van der Waals surface area (Å²) in [5, 5.41) is 9.62. The fraction of sp³-hybridized carbons (Fsp3) is 0.929. The molecule has 1 rings (SSSR count). The quantitative estimate of drug-likeness (QED) is 0.804. The second kappa shape index (κ2) is 5.85. The molecule has 0 bridgehead atoms. The zero-order chi connectivity index (χ0) is 13.1. The number of carbonyl (C=O) groups is 1. The van der Waals surface area contributed by atoms with Crippen molar-refractivity contribution >= 4 is 5.97 Å². The molecule has 0 spiro atoms. The van der Waals surface area contributed by atoms with Crippen molar-refractivity contribution in [1.82, 2.24) is 4.90 Å². The molecular weight excluding hydrogens is 214 g/mol. The van der Waals surface area contributed by atoms with Crippen LogP contribution in [0.25, 0.3) is 0 Å².